The second-order valence-electron chi connectivity index (χ2n) is 6.51. The van der Waals surface area contributed by atoms with E-state index in [0.29, 0.717) is 5.76 Å². The Morgan fingerprint density at radius 3 is 2.92 bits per heavy atom. The van der Waals surface area contributed by atoms with Gasteiger partial charge < -0.3 is 14.0 Å². The van der Waals surface area contributed by atoms with Gasteiger partial charge in [0.1, 0.15) is 12.3 Å². The molecule has 0 saturated carbocycles. The average molecular weight is 352 g/mol. The Balaban J connectivity index is 1.60. The lowest BCUT2D eigenvalue weighted by Crippen LogP contribution is -2.33. The van der Waals surface area contributed by atoms with Crippen molar-refractivity contribution >= 4 is 5.91 Å². The van der Waals surface area contributed by atoms with Crippen LogP contribution in [0.5, 0.6) is 0 Å². The number of imidazole rings is 1. The van der Waals surface area contributed by atoms with Crippen molar-refractivity contribution in [3.05, 3.63) is 48.3 Å². The molecule has 4 rings (SSSR count). The molecule has 0 bridgehead atoms. The van der Waals surface area contributed by atoms with Crippen LogP contribution in [0.15, 0.2) is 35.6 Å². The third-order valence-electron chi connectivity index (χ3n) is 4.73. The summed E-state index contributed by atoms with van der Waals surface area (Å²) in [6.07, 6.45) is 10.4. The van der Waals surface area contributed by atoms with Gasteiger partial charge in [-0.2, -0.15) is 0 Å². The zero-order valence-electron chi connectivity index (χ0n) is 14.8. The van der Waals surface area contributed by atoms with E-state index in [1.807, 2.05) is 18.7 Å². The van der Waals surface area contributed by atoms with Crippen LogP contribution in [0.4, 0.5) is 0 Å². The first-order valence-electron chi connectivity index (χ1n) is 8.64. The maximum atomic E-state index is 12.7. The number of rotatable bonds is 4. The van der Waals surface area contributed by atoms with E-state index in [1.54, 1.807) is 35.7 Å². The monoisotopic (exact) mass is 352 g/mol. The molecule has 0 spiro atoms. The highest BCUT2D eigenvalue weighted by atomic mass is 16.5. The summed E-state index contributed by atoms with van der Waals surface area (Å²) in [7, 11) is 0. The molecule has 1 aliphatic heterocycles. The molecule has 26 heavy (non-hydrogen) atoms. The Labute approximate surface area is 150 Å². The largest absolute Gasteiger partial charge is 0.361 e. The first-order valence-corrected chi connectivity index (χ1v) is 8.64. The number of amides is 1. The number of likely N-dealkylation sites (tertiary alicyclic amines) is 1. The normalized spacial score (nSPS) is 17.0. The van der Waals surface area contributed by atoms with Crippen LogP contribution in [0, 0.1) is 13.8 Å². The number of hydrogen-bond acceptors (Lipinski definition) is 6. The molecule has 1 aliphatic rings. The SMILES string of the molecule is Cc1noc(C)c1-c1cncc([C@H]2CCCN2C(=O)Cn2ccnc2)n1. The highest BCUT2D eigenvalue weighted by Crippen LogP contribution is 2.32. The lowest BCUT2D eigenvalue weighted by Gasteiger charge is -2.24. The molecule has 1 amide bonds. The van der Waals surface area contributed by atoms with Gasteiger partial charge in [-0.1, -0.05) is 5.16 Å². The summed E-state index contributed by atoms with van der Waals surface area (Å²) < 4.78 is 7.02. The number of carbonyl (C=O) groups is 1. The minimum absolute atomic E-state index is 0.0565. The van der Waals surface area contributed by atoms with Gasteiger partial charge in [-0.05, 0) is 26.7 Å². The lowest BCUT2D eigenvalue weighted by molar-refractivity contribution is -0.132. The van der Waals surface area contributed by atoms with Gasteiger partial charge in [0.2, 0.25) is 5.91 Å². The van der Waals surface area contributed by atoms with Crippen molar-refractivity contribution in [2.75, 3.05) is 6.54 Å². The summed E-state index contributed by atoms with van der Waals surface area (Å²) in [6.45, 7) is 4.76. The molecule has 8 heteroatoms. The fraction of sp³-hybridized carbons (Fsp3) is 0.389. The topological polar surface area (TPSA) is 89.9 Å². The van der Waals surface area contributed by atoms with E-state index >= 15 is 0 Å². The smallest absolute Gasteiger partial charge is 0.243 e. The second kappa shape index (κ2) is 6.70. The standard InChI is InChI=1S/C18H20N6O2/c1-12-18(13(2)26-22-12)15-9-20-8-14(21-15)16-4-3-6-24(16)17(25)10-23-7-5-19-11-23/h5,7-9,11,16H,3-4,6,10H2,1-2H3/t16-/m1/s1. The first kappa shape index (κ1) is 16.4. The second-order valence-corrected chi connectivity index (χ2v) is 6.51. The number of nitrogens with zero attached hydrogens (tertiary/aromatic N) is 6. The summed E-state index contributed by atoms with van der Waals surface area (Å²) in [5, 5.41) is 3.99. The summed E-state index contributed by atoms with van der Waals surface area (Å²) in [5.41, 5.74) is 3.19. The fourth-order valence-electron chi connectivity index (χ4n) is 3.51. The molecule has 1 fully saturated rings. The summed E-state index contributed by atoms with van der Waals surface area (Å²) in [6, 6.07) is -0.0565. The molecule has 0 unspecified atom stereocenters. The first-order chi connectivity index (χ1) is 12.6. The number of hydrogen-bond donors (Lipinski definition) is 0. The molecule has 0 N–H and O–H groups in total. The van der Waals surface area contributed by atoms with E-state index in [4.69, 9.17) is 9.51 Å². The predicted octanol–water partition coefficient (Wildman–Crippen LogP) is 2.31. The minimum atomic E-state index is -0.0565. The van der Waals surface area contributed by atoms with E-state index in [9.17, 15) is 4.79 Å². The van der Waals surface area contributed by atoms with Gasteiger partial charge in [0.15, 0.2) is 0 Å². The molecule has 1 atom stereocenters. The molecule has 0 aromatic carbocycles. The third kappa shape index (κ3) is 2.98. The van der Waals surface area contributed by atoms with Crippen LogP contribution in [0.3, 0.4) is 0 Å². The lowest BCUT2D eigenvalue weighted by atomic mass is 10.1. The highest BCUT2D eigenvalue weighted by molar-refractivity contribution is 5.76. The van der Waals surface area contributed by atoms with Crippen LogP contribution in [0.2, 0.25) is 0 Å². The van der Waals surface area contributed by atoms with Crippen LogP contribution in [-0.4, -0.2) is 42.0 Å². The van der Waals surface area contributed by atoms with E-state index < -0.39 is 0 Å². The Kier molecular flexibility index (Phi) is 4.24. The average Bonchev–Trinajstić information content (AvgIpc) is 3.37. The molecule has 8 nitrogen and oxygen atoms in total. The van der Waals surface area contributed by atoms with Crippen molar-refractivity contribution in [2.45, 2.75) is 39.3 Å². The Morgan fingerprint density at radius 1 is 1.31 bits per heavy atom. The van der Waals surface area contributed by atoms with Crippen molar-refractivity contribution < 1.29 is 9.32 Å². The van der Waals surface area contributed by atoms with Gasteiger partial charge >= 0.3 is 0 Å². The van der Waals surface area contributed by atoms with Crippen LogP contribution >= 0.6 is 0 Å². The van der Waals surface area contributed by atoms with E-state index in [1.165, 1.54) is 0 Å². The van der Waals surface area contributed by atoms with Gasteiger partial charge in [0, 0.05) is 18.9 Å². The maximum Gasteiger partial charge on any atom is 0.243 e. The molecule has 3 aromatic heterocycles. The van der Waals surface area contributed by atoms with Crippen molar-refractivity contribution in [1.82, 2.24) is 29.6 Å². The maximum absolute atomic E-state index is 12.7. The van der Waals surface area contributed by atoms with Crippen LogP contribution in [0.1, 0.15) is 36.0 Å². The minimum Gasteiger partial charge on any atom is -0.361 e. The van der Waals surface area contributed by atoms with Gasteiger partial charge in [-0.3, -0.25) is 9.78 Å². The van der Waals surface area contributed by atoms with E-state index in [2.05, 4.69) is 15.1 Å². The molecule has 0 radical (unpaired) electrons. The molecular weight excluding hydrogens is 332 g/mol. The Bertz CT molecular complexity index is 898. The molecule has 0 aliphatic carbocycles. The fourth-order valence-corrected chi connectivity index (χ4v) is 3.51. The van der Waals surface area contributed by atoms with Gasteiger partial charge in [0.25, 0.3) is 0 Å². The zero-order chi connectivity index (χ0) is 18.1. The van der Waals surface area contributed by atoms with Crippen molar-refractivity contribution in [3.8, 4) is 11.3 Å². The molecule has 134 valence electrons. The Hall–Kier alpha value is -3.03. The van der Waals surface area contributed by atoms with Gasteiger partial charge in [-0.25, -0.2) is 9.97 Å². The zero-order valence-corrected chi connectivity index (χ0v) is 14.8. The molecule has 4 heterocycles. The van der Waals surface area contributed by atoms with Crippen LogP contribution in [-0.2, 0) is 11.3 Å². The molecule has 1 saturated heterocycles. The van der Waals surface area contributed by atoms with Crippen molar-refractivity contribution in [2.24, 2.45) is 0 Å². The predicted molar refractivity (Wildman–Crippen MR) is 92.9 cm³/mol. The van der Waals surface area contributed by atoms with Crippen LogP contribution in [0.25, 0.3) is 11.3 Å². The van der Waals surface area contributed by atoms with Crippen molar-refractivity contribution in [3.63, 3.8) is 0 Å². The molecule has 3 aromatic rings. The Morgan fingerprint density at radius 2 is 2.19 bits per heavy atom. The summed E-state index contributed by atoms with van der Waals surface area (Å²) >= 11 is 0. The molecular formula is C18H20N6O2. The number of carbonyl (C=O) groups excluding carboxylic acids is 1. The highest BCUT2D eigenvalue weighted by Gasteiger charge is 2.31. The summed E-state index contributed by atoms with van der Waals surface area (Å²) in [4.78, 5) is 27.7. The summed E-state index contributed by atoms with van der Waals surface area (Å²) in [5.74, 6) is 0.781. The van der Waals surface area contributed by atoms with Gasteiger partial charge in [-0.15, -0.1) is 0 Å². The number of aromatic nitrogens is 5. The number of aryl methyl sites for hydroxylation is 2. The third-order valence-corrected chi connectivity index (χ3v) is 4.73. The van der Waals surface area contributed by atoms with Crippen molar-refractivity contribution in [1.29, 1.82) is 0 Å². The van der Waals surface area contributed by atoms with Crippen LogP contribution < -0.4 is 0 Å². The van der Waals surface area contributed by atoms with Gasteiger partial charge in [0.05, 0.1) is 47.4 Å². The van der Waals surface area contributed by atoms with E-state index in [-0.39, 0.29) is 18.5 Å². The quantitative estimate of drug-likeness (QED) is 0.716. The van der Waals surface area contributed by atoms with E-state index in [0.717, 1.165) is 42.0 Å².